The third-order valence-corrected chi connectivity index (χ3v) is 9.26. The first-order valence-corrected chi connectivity index (χ1v) is 17.1. The minimum atomic E-state index is -1.87. The third kappa shape index (κ3) is 8.28. The zero-order chi connectivity index (χ0) is 37.4. The summed E-state index contributed by atoms with van der Waals surface area (Å²) < 4.78 is 39.5. The van der Waals surface area contributed by atoms with E-state index in [4.69, 9.17) is 43.4 Å². The Morgan fingerprint density at radius 2 is 0.717 bits per heavy atom. The van der Waals surface area contributed by atoms with E-state index in [1.165, 1.54) is 0 Å². The van der Waals surface area contributed by atoms with Crippen molar-refractivity contribution in [2.45, 2.75) is 45.2 Å². The predicted molar refractivity (Wildman–Crippen MR) is 196 cm³/mol. The lowest BCUT2D eigenvalue weighted by Gasteiger charge is -2.27. The smallest absolute Gasteiger partial charge is 0.239 e. The van der Waals surface area contributed by atoms with Gasteiger partial charge in [0.25, 0.3) is 0 Å². The summed E-state index contributed by atoms with van der Waals surface area (Å²) in [5.74, 6) is 3.35. The second-order valence-corrected chi connectivity index (χ2v) is 12.6. The molecule has 13 heteroatoms. The van der Waals surface area contributed by atoms with Crippen LogP contribution in [0.4, 0.5) is 0 Å². The molecule has 0 unspecified atom stereocenters. The number of ether oxygens (including phenoxy) is 6. The summed E-state index contributed by atoms with van der Waals surface area (Å²) in [5.41, 5.74) is 3.46. The number of hydrogen-bond acceptors (Lipinski definition) is 10. The van der Waals surface area contributed by atoms with Gasteiger partial charge in [0.15, 0.2) is 17.5 Å². The number of methoxy groups -OCH3 is 3. The van der Waals surface area contributed by atoms with Gasteiger partial charge in [-0.05, 0) is 53.1 Å². The molecule has 0 radical (unpaired) electrons. The van der Waals surface area contributed by atoms with Crippen LogP contribution in [0.15, 0.2) is 91.4 Å². The number of nitrogens with zero attached hydrogens (tertiary/aromatic N) is 6. The number of imidazole rings is 3. The highest BCUT2D eigenvalue weighted by Gasteiger charge is 2.46. The molecule has 0 aliphatic rings. The summed E-state index contributed by atoms with van der Waals surface area (Å²) >= 11 is 0. The molecule has 0 saturated carbocycles. The van der Waals surface area contributed by atoms with E-state index in [2.05, 4.69) is 0 Å². The summed E-state index contributed by atoms with van der Waals surface area (Å²) in [6.07, 6.45) is 5.12. The third-order valence-electron chi connectivity index (χ3n) is 9.26. The van der Waals surface area contributed by atoms with Gasteiger partial charge in [-0.15, -0.1) is 0 Å². The second-order valence-electron chi connectivity index (χ2n) is 12.6. The van der Waals surface area contributed by atoms with Crippen LogP contribution in [0.1, 0.15) is 51.2 Å². The average Bonchev–Trinajstić information content (AvgIpc) is 3.88. The Hall–Kier alpha value is -5.47. The highest BCUT2D eigenvalue weighted by atomic mass is 16.5. The van der Waals surface area contributed by atoms with E-state index < -0.39 is 5.60 Å². The van der Waals surface area contributed by atoms with E-state index in [1.54, 1.807) is 39.9 Å². The highest BCUT2D eigenvalue weighted by molar-refractivity contribution is 5.34. The van der Waals surface area contributed by atoms with Gasteiger partial charge in [-0.3, -0.25) is 0 Å². The number of aliphatic hydroxyl groups is 1. The summed E-state index contributed by atoms with van der Waals surface area (Å²) in [6, 6.07) is 23.2. The molecule has 0 aliphatic carbocycles. The summed E-state index contributed by atoms with van der Waals surface area (Å²) in [6.45, 7) is 1.98. The van der Waals surface area contributed by atoms with Crippen molar-refractivity contribution >= 4 is 0 Å². The molecule has 0 atom stereocenters. The monoisotopic (exact) mass is 722 g/mol. The molecule has 53 heavy (non-hydrogen) atoms. The Morgan fingerprint density at radius 3 is 0.962 bits per heavy atom. The van der Waals surface area contributed by atoms with Crippen molar-refractivity contribution in [1.29, 1.82) is 0 Å². The van der Waals surface area contributed by atoms with Crippen molar-refractivity contribution in [1.82, 2.24) is 28.7 Å². The van der Waals surface area contributed by atoms with Crippen LogP contribution in [0.5, 0.6) is 17.2 Å². The van der Waals surface area contributed by atoms with Crippen LogP contribution in [0.2, 0.25) is 0 Å². The number of benzene rings is 3. The first-order valence-electron chi connectivity index (χ1n) is 17.1. The van der Waals surface area contributed by atoms with Gasteiger partial charge in [-0.1, -0.05) is 36.4 Å². The molecule has 6 aromatic rings. The van der Waals surface area contributed by atoms with Crippen molar-refractivity contribution in [3.63, 3.8) is 0 Å². The molecule has 1 N–H and O–H groups in total. The molecule has 0 fully saturated rings. The van der Waals surface area contributed by atoms with Gasteiger partial charge >= 0.3 is 0 Å². The lowest BCUT2D eigenvalue weighted by Crippen LogP contribution is -2.38. The molecule has 6 rings (SSSR count). The van der Waals surface area contributed by atoms with Crippen molar-refractivity contribution in [2.75, 3.05) is 21.3 Å². The van der Waals surface area contributed by atoms with Crippen molar-refractivity contribution in [2.24, 2.45) is 21.1 Å². The van der Waals surface area contributed by atoms with Gasteiger partial charge in [0.2, 0.25) is 5.60 Å². The molecule has 0 saturated heterocycles. The fourth-order valence-corrected chi connectivity index (χ4v) is 6.03. The Labute approximate surface area is 309 Å². The van der Waals surface area contributed by atoms with Crippen molar-refractivity contribution in [3.05, 3.63) is 143 Å². The van der Waals surface area contributed by atoms with E-state index in [-0.39, 0.29) is 19.8 Å². The van der Waals surface area contributed by atoms with Crippen LogP contribution in [0.25, 0.3) is 0 Å². The van der Waals surface area contributed by atoms with Crippen LogP contribution in [0.3, 0.4) is 0 Å². The van der Waals surface area contributed by atoms with Crippen LogP contribution < -0.4 is 14.2 Å². The molecule has 13 nitrogen and oxygen atoms in total. The van der Waals surface area contributed by atoms with E-state index in [1.807, 2.05) is 108 Å². The standard InChI is InChI=1S/C40H46N6O7/c1-44-31(25-51-22-28-7-13-34(48-4)14-8-28)19-41-37(44)40(47,38-42-20-32(45(38)2)26-52-23-29-9-15-35(49-5)16-10-29)39-43-21-33(46(39)3)27-53-24-30-11-17-36(50-6)18-12-30/h7-21,47H,22-27H2,1-6H3. The van der Waals surface area contributed by atoms with E-state index in [0.717, 1.165) is 51.0 Å². The Balaban J connectivity index is 1.25. The van der Waals surface area contributed by atoms with Gasteiger partial charge in [0, 0.05) is 21.1 Å². The van der Waals surface area contributed by atoms with Crippen LogP contribution >= 0.6 is 0 Å². The summed E-state index contributed by atoms with van der Waals surface area (Å²) in [4.78, 5) is 14.2. The van der Waals surface area contributed by atoms with Gasteiger partial charge in [-0.25, -0.2) is 15.0 Å². The maximum atomic E-state index is 13.0. The van der Waals surface area contributed by atoms with E-state index >= 15 is 0 Å². The first kappa shape index (κ1) is 37.3. The van der Waals surface area contributed by atoms with Crippen molar-refractivity contribution < 1.29 is 33.5 Å². The lowest BCUT2D eigenvalue weighted by molar-refractivity contribution is 0.0777. The Kier molecular flexibility index (Phi) is 11.9. The van der Waals surface area contributed by atoms with Crippen molar-refractivity contribution in [3.8, 4) is 17.2 Å². The van der Waals surface area contributed by atoms with Crippen LogP contribution in [0, 0.1) is 0 Å². The maximum absolute atomic E-state index is 13.0. The normalized spacial score (nSPS) is 11.6. The first-order chi connectivity index (χ1) is 25.7. The Bertz CT molecular complexity index is 1830. The Morgan fingerprint density at radius 1 is 0.453 bits per heavy atom. The van der Waals surface area contributed by atoms with Gasteiger partial charge in [0.1, 0.15) is 17.2 Å². The number of hydrogen-bond donors (Lipinski definition) is 1. The van der Waals surface area contributed by atoms with Crippen LogP contribution in [-0.2, 0) is 80.6 Å². The topological polar surface area (TPSA) is 129 Å². The fraction of sp³-hybridized carbons (Fsp3) is 0.325. The predicted octanol–water partition coefficient (Wildman–Crippen LogP) is 5.35. The van der Waals surface area contributed by atoms with Gasteiger partial charge < -0.3 is 47.2 Å². The van der Waals surface area contributed by atoms with Gasteiger partial charge in [-0.2, -0.15) is 0 Å². The number of rotatable bonds is 18. The van der Waals surface area contributed by atoms with E-state index in [0.29, 0.717) is 37.3 Å². The average molecular weight is 723 g/mol. The minimum Gasteiger partial charge on any atom is -0.497 e. The maximum Gasteiger partial charge on any atom is 0.239 e. The molecular formula is C40H46N6O7. The van der Waals surface area contributed by atoms with Crippen LogP contribution in [-0.4, -0.2) is 55.1 Å². The lowest BCUT2D eigenvalue weighted by atomic mass is 10.0. The molecule has 0 bridgehead atoms. The summed E-state index contributed by atoms with van der Waals surface area (Å²) in [7, 11) is 10.5. The molecule has 0 spiro atoms. The molecule has 278 valence electrons. The SMILES string of the molecule is COc1ccc(COCc2cnc(C(O)(c3ncc(COCc4ccc(OC)cc4)n3C)c3ncc(COCc4ccc(OC)cc4)n3C)n2C)cc1. The van der Waals surface area contributed by atoms with E-state index in [9.17, 15) is 5.11 Å². The highest BCUT2D eigenvalue weighted by Crippen LogP contribution is 2.35. The molecule has 0 amide bonds. The minimum absolute atomic E-state index is 0.266. The molecule has 3 aromatic carbocycles. The molecular weight excluding hydrogens is 676 g/mol. The second kappa shape index (κ2) is 16.9. The number of aromatic nitrogens is 6. The molecule has 3 heterocycles. The zero-order valence-corrected chi connectivity index (χ0v) is 31.0. The molecule has 3 aromatic heterocycles. The largest absolute Gasteiger partial charge is 0.497 e. The summed E-state index contributed by atoms with van der Waals surface area (Å²) in [5, 5.41) is 13.0. The quantitative estimate of drug-likeness (QED) is 0.124. The molecule has 0 aliphatic heterocycles. The fourth-order valence-electron chi connectivity index (χ4n) is 6.03. The zero-order valence-electron chi connectivity index (χ0n) is 31.0. The van der Waals surface area contributed by atoms with Gasteiger partial charge in [0.05, 0.1) is 96.6 Å².